The topological polar surface area (TPSA) is 29.3 Å². The molecular formula is C13H22N2. The van der Waals surface area contributed by atoms with Gasteiger partial charge in [-0.2, -0.15) is 0 Å². The van der Waals surface area contributed by atoms with Crippen LogP contribution in [0, 0.1) is 13.8 Å². The summed E-state index contributed by atoms with van der Waals surface area (Å²) in [5, 5.41) is 0. The summed E-state index contributed by atoms with van der Waals surface area (Å²) in [6.45, 7) is 5.25. The Morgan fingerprint density at radius 3 is 2.20 bits per heavy atom. The first-order valence-corrected chi connectivity index (χ1v) is 5.46. The van der Waals surface area contributed by atoms with Gasteiger partial charge in [0.25, 0.3) is 0 Å². The minimum absolute atomic E-state index is 0.222. The first kappa shape index (κ1) is 12.2. The molecule has 0 aliphatic heterocycles. The van der Waals surface area contributed by atoms with Crippen molar-refractivity contribution < 1.29 is 0 Å². The van der Waals surface area contributed by atoms with Crippen molar-refractivity contribution in [3.05, 3.63) is 34.9 Å². The summed E-state index contributed by atoms with van der Waals surface area (Å²) < 4.78 is 0. The molecular weight excluding hydrogens is 184 g/mol. The average Bonchev–Trinajstić information content (AvgIpc) is 2.10. The van der Waals surface area contributed by atoms with Crippen molar-refractivity contribution in [1.29, 1.82) is 0 Å². The lowest BCUT2D eigenvalue weighted by Crippen LogP contribution is -2.35. The van der Waals surface area contributed by atoms with E-state index < -0.39 is 0 Å². The molecule has 0 heterocycles. The van der Waals surface area contributed by atoms with Crippen LogP contribution in [0.1, 0.15) is 16.7 Å². The zero-order chi connectivity index (χ0) is 11.4. The van der Waals surface area contributed by atoms with Gasteiger partial charge in [0.1, 0.15) is 0 Å². The van der Waals surface area contributed by atoms with E-state index in [4.69, 9.17) is 5.73 Å². The van der Waals surface area contributed by atoms with Crippen molar-refractivity contribution in [3.63, 3.8) is 0 Å². The van der Waals surface area contributed by atoms with Gasteiger partial charge in [-0.15, -0.1) is 0 Å². The number of benzene rings is 1. The van der Waals surface area contributed by atoms with Crippen LogP contribution in [0.4, 0.5) is 0 Å². The fourth-order valence-corrected chi connectivity index (χ4v) is 1.97. The zero-order valence-corrected chi connectivity index (χ0v) is 10.2. The van der Waals surface area contributed by atoms with Crippen LogP contribution >= 0.6 is 0 Å². The molecule has 2 heteroatoms. The second kappa shape index (κ2) is 5.29. The monoisotopic (exact) mass is 206 g/mol. The Hall–Kier alpha value is -0.860. The smallest absolute Gasteiger partial charge is 0.0208 e. The normalized spacial score (nSPS) is 13.2. The average molecular weight is 206 g/mol. The molecule has 0 radical (unpaired) electrons. The third-order valence-corrected chi connectivity index (χ3v) is 2.71. The van der Waals surface area contributed by atoms with Gasteiger partial charge in [-0.1, -0.05) is 18.2 Å². The maximum Gasteiger partial charge on any atom is 0.0208 e. The zero-order valence-electron chi connectivity index (χ0n) is 10.2. The van der Waals surface area contributed by atoms with Crippen LogP contribution in [0.25, 0.3) is 0 Å². The Labute approximate surface area is 93.1 Å². The van der Waals surface area contributed by atoms with E-state index in [1.807, 2.05) is 0 Å². The molecule has 0 bridgehead atoms. The van der Waals surface area contributed by atoms with Crippen molar-refractivity contribution in [2.45, 2.75) is 26.3 Å². The predicted molar refractivity (Wildman–Crippen MR) is 66.1 cm³/mol. The largest absolute Gasteiger partial charge is 0.326 e. The lowest BCUT2D eigenvalue weighted by Gasteiger charge is -2.19. The minimum atomic E-state index is 0.222. The van der Waals surface area contributed by atoms with Crippen molar-refractivity contribution in [2.24, 2.45) is 5.73 Å². The van der Waals surface area contributed by atoms with Gasteiger partial charge in [0.2, 0.25) is 0 Å². The highest BCUT2D eigenvalue weighted by Crippen LogP contribution is 2.14. The summed E-state index contributed by atoms with van der Waals surface area (Å²) in [6.07, 6.45) is 0.969. The summed E-state index contributed by atoms with van der Waals surface area (Å²) in [5.41, 5.74) is 10.2. The van der Waals surface area contributed by atoms with E-state index in [0.717, 1.165) is 13.0 Å². The molecule has 0 aliphatic rings. The standard InChI is InChI=1S/C13H22N2/c1-10-6-5-7-11(2)13(10)8-12(14)9-15(3)4/h5-7,12H,8-9,14H2,1-4H3. The third-order valence-electron chi connectivity index (χ3n) is 2.71. The van der Waals surface area contributed by atoms with Gasteiger partial charge in [0.15, 0.2) is 0 Å². The summed E-state index contributed by atoms with van der Waals surface area (Å²) in [6, 6.07) is 6.64. The molecule has 0 aliphatic carbocycles. The van der Waals surface area contributed by atoms with Crippen LogP contribution in [0.5, 0.6) is 0 Å². The van der Waals surface area contributed by atoms with Crippen LogP contribution < -0.4 is 5.73 Å². The molecule has 1 unspecified atom stereocenters. The molecule has 84 valence electrons. The predicted octanol–water partition coefficient (Wildman–Crippen LogP) is 1.73. The Kier molecular flexibility index (Phi) is 4.30. The van der Waals surface area contributed by atoms with Gasteiger partial charge in [-0.3, -0.25) is 0 Å². The molecule has 2 N–H and O–H groups in total. The van der Waals surface area contributed by atoms with Gasteiger partial charge in [0.05, 0.1) is 0 Å². The maximum absolute atomic E-state index is 6.10. The summed E-state index contributed by atoms with van der Waals surface area (Å²) in [4.78, 5) is 2.14. The van der Waals surface area contributed by atoms with Crippen LogP contribution in [0.2, 0.25) is 0 Å². The number of rotatable bonds is 4. The maximum atomic E-state index is 6.10. The third kappa shape index (κ3) is 3.65. The Morgan fingerprint density at radius 2 is 1.73 bits per heavy atom. The molecule has 0 saturated carbocycles. The fourth-order valence-electron chi connectivity index (χ4n) is 1.97. The van der Waals surface area contributed by atoms with Gasteiger partial charge in [-0.25, -0.2) is 0 Å². The van der Waals surface area contributed by atoms with Crippen LogP contribution in [0.15, 0.2) is 18.2 Å². The van der Waals surface area contributed by atoms with Gasteiger partial charge >= 0.3 is 0 Å². The molecule has 2 nitrogen and oxygen atoms in total. The Morgan fingerprint density at radius 1 is 1.20 bits per heavy atom. The number of nitrogens with two attached hydrogens (primary N) is 1. The van der Waals surface area contributed by atoms with E-state index >= 15 is 0 Å². The van der Waals surface area contributed by atoms with Crippen molar-refractivity contribution in [3.8, 4) is 0 Å². The summed E-state index contributed by atoms with van der Waals surface area (Å²) in [7, 11) is 4.12. The molecule has 0 aromatic heterocycles. The first-order chi connectivity index (χ1) is 7.00. The van der Waals surface area contributed by atoms with Crippen LogP contribution in [-0.4, -0.2) is 31.6 Å². The fraction of sp³-hybridized carbons (Fsp3) is 0.538. The van der Waals surface area contributed by atoms with E-state index in [1.54, 1.807) is 0 Å². The lowest BCUT2D eigenvalue weighted by molar-refractivity contribution is 0.371. The van der Waals surface area contributed by atoms with E-state index in [1.165, 1.54) is 16.7 Å². The number of aryl methyl sites for hydroxylation is 2. The van der Waals surface area contributed by atoms with Gasteiger partial charge in [0, 0.05) is 12.6 Å². The molecule has 0 spiro atoms. The molecule has 15 heavy (non-hydrogen) atoms. The van der Waals surface area contributed by atoms with Crippen molar-refractivity contribution >= 4 is 0 Å². The lowest BCUT2D eigenvalue weighted by atomic mass is 9.96. The first-order valence-electron chi connectivity index (χ1n) is 5.46. The number of hydrogen-bond acceptors (Lipinski definition) is 2. The second-order valence-electron chi connectivity index (χ2n) is 4.60. The van der Waals surface area contributed by atoms with Gasteiger partial charge < -0.3 is 10.6 Å². The Balaban J connectivity index is 2.71. The summed E-state index contributed by atoms with van der Waals surface area (Å²) in [5.74, 6) is 0. The van der Waals surface area contributed by atoms with Gasteiger partial charge in [-0.05, 0) is 51.1 Å². The highest BCUT2D eigenvalue weighted by atomic mass is 15.1. The molecule has 0 saturated heterocycles. The van der Waals surface area contributed by atoms with Crippen molar-refractivity contribution in [1.82, 2.24) is 4.90 Å². The number of likely N-dealkylation sites (N-methyl/N-ethyl adjacent to an activating group) is 1. The molecule has 1 aromatic rings. The van der Waals surface area contributed by atoms with Crippen LogP contribution in [-0.2, 0) is 6.42 Å². The molecule has 1 atom stereocenters. The molecule has 0 amide bonds. The molecule has 1 aromatic carbocycles. The van der Waals surface area contributed by atoms with E-state index in [9.17, 15) is 0 Å². The summed E-state index contributed by atoms with van der Waals surface area (Å²) >= 11 is 0. The number of hydrogen-bond donors (Lipinski definition) is 1. The van der Waals surface area contributed by atoms with E-state index in [2.05, 4.69) is 51.0 Å². The highest BCUT2D eigenvalue weighted by Gasteiger charge is 2.09. The molecule has 0 fully saturated rings. The highest BCUT2D eigenvalue weighted by molar-refractivity contribution is 5.34. The Bertz CT molecular complexity index is 298. The van der Waals surface area contributed by atoms with Crippen molar-refractivity contribution in [2.75, 3.05) is 20.6 Å². The van der Waals surface area contributed by atoms with E-state index in [0.29, 0.717) is 0 Å². The van der Waals surface area contributed by atoms with E-state index in [-0.39, 0.29) is 6.04 Å². The number of nitrogens with zero attached hydrogens (tertiary/aromatic N) is 1. The SMILES string of the molecule is Cc1cccc(C)c1CC(N)CN(C)C. The van der Waals surface area contributed by atoms with Crippen LogP contribution in [0.3, 0.4) is 0 Å². The quantitative estimate of drug-likeness (QED) is 0.813. The minimum Gasteiger partial charge on any atom is -0.326 e. The molecule has 1 rings (SSSR count). The second-order valence-corrected chi connectivity index (χ2v) is 4.60.